The highest BCUT2D eigenvalue weighted by Gasteiger charge is 2.45. The van der Waals surface area contributed by atoms with E-state index in [0.717, 1.165) is 0 Å². The lowest BCUT2D eigenvalue weighted by atomic mass is 9.99. The zero-order valence-electron chi connectivity index (χ0n) is 9.51. The third kappa shape index (κ3) is 2.63. The molecule has 2 rings (SSSR count). The van der Waals surface area contributed by atoms with E-state index < -0.39 is 49.4 Å². The van der Waals surface area contributed by atoms with E-state index in [9.17, 15) is 20.1 Å². The molecule has 18 heavy (non-hydrogen) atoms. The molecule has 2 saturated heterocycles. The fourth-order valence-corrected chi connectivity index (χ4v) is 1.95. The van der Waals surface area contributed by atoms with E-state index in [2.05, 4.69) is 4.74 Å². The summed E-state index contributed by atoms with van der Waals surface area (Å²) in [5.41, 5.74) is 0. The maximum absolute atomic E-state index is 10.9. The molecule has 2 fully saturated rings. The van der Waals surface area contributed by atoms with Crippen LogP contribution >= 0.6 is 0 Å². The van der Waals surface area contributed by atoms with Crippen LogP contribution in [-0.2, 0) is 19.0 Å². The molecule has 0 aliphatic carbocycles. The van der Waals surface area contributed by atoms with Crippen molar-refractivity contribution in [1.82, 2.24) is 0 Å². The average molecular weight is 264 g/mol. The van der Waals surface area contributed by atoms with Crippen molar-refractivity contribution in [3.63, 3.8) is 0 Å². The number of ether oxygens (including phenoxy) is 3. The van der Waals surface area contributed by atoms with Crippen LogP contribution in [0.4, 0.5) is 0 Å². The fraction of sp³-hybridized carbons (Fsp3) is 0.900. The number of hydrogen-bond acceptors (Lipinski definition) is 8. The Morgan fingerprint density at radius 2 is 1.94 bits per heavy atom. The Balaban J connectivity index is 1.96. The Kier molecular flexibility index (Phi) is 4.15. The minimum atomic E-state index is -1.49. The standard InChI is InChI=1S/C10H16O8/c11-2-5-7(13)8(14)9(15)10(18-5)17-4-1-6(12)16-3-4/h4-5,7-11,13-15H,1-3H2/t4-,5-,7-,8+,9-,10-/m0/s1. The maximum atomic E-state index is 10.9. The van der Waals surface area contributed by atoms with Crippen molar-refractivity contribution in [2.45, 2.75) is 43.2 Å². The molecule has 2 aliphatic rings. The Morgan fingerprint density at radius 1 is 1.22 bits per heavy atom. The zero-order chi connectivity index (χ0) is 13.3. The summed E-state index contributed by atoms with van der Waals surface area (Å²) in [6.07, 6.45) is -7.15. The molecule has 2 aliphatic heterocycles. The number of aliphatic hydroxyl groups excluding tert-OH is 4. The van der Waals surface area contributed by atoms with Gasteiger partial charge in [-0.25, -0.2) is 0 Å². The van der Waals surface area contributed by atoms with Gasteiger partial charge in [0.15, 0.2) is 6.29 Å². The highest BCUT2D eigenvalue weighted by atomic mass is 16.7. The van der Waals surface area contributed by atoms with Gasteiger partial charge in [-0.2, -0.15) is 0 Å². The van der Waals surface area contributed by atoms with Crippen molar-refractivity contribution < 1.29 is 39.4 Å². The summed E-state index contributed by atoms with van der Waals surface area (Å²) < 4.78 is 15.1. The first-order chi connectivity index (χ1) is 8.52. The van der Waals surface area contributed by atoms with Gasteiger partial charge >= 0.3 is 5.97 Å². The van der Waals surface area contributed by atoms with Crippen LogP contribution in [0.3, 0.4) is 0 Å². The van der Waals surface area contributed by atoms with E-state index in [4.69, 9.17) is 14.6 Å². The second-order valence-electron chi connectivity index (χ2n) is 4.34. The lowest BCUT2D eigenvalue weighted by Gasteiger charge is -2.40. The normalized spacial score (nSPS) is 45.0. The highest BCUT2D eigenvalue weighted by molar-refractivity contribution is 5.71. The monoisotopic (exact) mass is 264 g/mol. The number of carbonyl (C=O) groups is 1. The van der Waals surface area contributed by atoms with E-state index in [1.165, 1.54) is 0 Å². The molecule has 0 amide bonds. The van der Waals surface area contributed by atoms with Crippen LogP contribution in [0.5, 0.6) is 0 Å². The summed E-state index contributed by atoms with van der Waals surface area (Å²) in [5, 5.41) is 37.7. The van der Waals surface area contributed by atoms with Gasteiger partial charge in [-0.05, 0) is 0 Å². The molecule has 8 heteroatoms. The molecule has 8 nitrogen and oxygen atoms in total. The Bertz CT molecular complexity index is 306. The van der Waals surface area contributed by atoms with Crippen LogP contribution in [0.15, 0.2) is 0 Å². The summed E-state index contributed by atoms with van der Waals surface area (Å²) in [6.45, 7) is -0.473. The molecule has 2 heterocycles. The summed E-state index contributed by atoms with van der Waals surface area (Å²) in [6, 6.07) is 0. The molecule has 0 radical (unpaired) electrons. The molecular weight excluding hydrogens is 248 g/mol. The Labute approximate surface area is 103 Å². The Morgan fingerprint density at radius 3 is 2.50 bits per heavy atom. The molecule has 0 unspecified atom stereocenters. The highest BCUT2D eigenvalue weighted by Crippen LogP contribution is 2.24. The van der Waals surface area contributed by atoms with Crippen molar-refractivity contribution >= 4 is 5.97 Å². The first-order valence-electron chi connectivity index (χ1n) is 5.64. The van der Waals surface area contributed by atoms with Gasteiger partial charge in [-0.15, -0.1) is 0 Å². The van der Waals surface area contributed by atoms with E-state index in [1.807, 2.05) is 0 Å². The van der Waals surface area contributed by atoms with Crippen LogP contribution in [0.25, 0.3) is 0 Å². The second-order valence-corrected chi connectivity index (χ2v) is 4.34. The van der Waals surface area contributed by atoms with Gasteiger partial charge in [0.2, 0.25) is 0 Å². The van der Waals surface area contributed by atoms with Crippen LogP contribution < -0.4 is 0 Å². The van der Waals surface area contributed by atoms with E-state index >= 15 is 0 Å². The van der Waals surface area contributed by atoms with Crippen molar-refractivity contribution in [1.29, 1.82) is 0 Å². The van der Waals surface area contributed by atoms with Gasteiger partial charge in [0.25, 0.3) is 0 Å². The number of aliphatic hydroxyl groups is 4. The van der Waals surface area contributed by atoms with Gasteiger partial charge in [0.05, 0.1) is 13.0 Å². The first kappa shape index (κ1) is 13.7. The predicted octanol–water partition coefficient (Wildman–Crippen LogP) is -2.88. The summed E-state index contributed by atoms with van der Waals surface area (Å²) in [4.78, 5) is 10.9. The van der Waals surface area contributed by atoms with Gasteiger partial charge in [-0.1, -0.05) is 0 Å². The van der Waals surface area contributed by atoms with Gasteiger partial charge < -0.3 is 34.6 Å². The lowest BCUT2D eigenvalue weighted by Crippen LogP contribution is -2.59. The van der Waals surface area contributed by atoms with Crippen molar-refractivity contribution in [2.24, 2.45) is 0 Å². The third-order valence-electron chi connectivity index (χ3n) is 3.00. The van der Waals surface area contributed by atoms with Gasteiger partial charge in [0, 0.05) is 0 Å². The number of hydrogen-bond donors (Lipinski definition) is 4. The quantitative estimate of drug-likeness (QED) is 0.400. The zero-order valence-corrected chi connectivity index (χ0v) is 9.51. The molecular formula is C10H16O8. The largest absolute Gasteiger partial charge is 0.463 e. The van der Waals surface area contributed by atoms with Crippen LogP contribution in [-0.4, -0.2) is 76.4 Å². The van der Waals surface area contributed by atoms with Gasteiger partial charge in [0.1, 0.15) is 37.1 Å². The number of carbonyl (C=O) groups excluding carboxylic acids is 1. The number of cyclic esters (lactones) is 1. The summed E-state index contributed by atoms with van der Waals surface area (Å²) in [5.74, 6) is -0.412. The Hall–Kier alpha value is -0.770. The topological polar surface area (TPSA) is 126 Å². The van der Waals surface area contributed by atoms with Crippen molar-refractivity contribution in [2.75, 3.05) is 13.2 Å². The molecule has 0 spiro atoms. The third-order valence-corrected chi connectivity index (χ3v) is 3.00. The molecule has 0 aromatic heterocycles. The average Bonchev–Trinajstić information content (AvgIpc) is 2.75. The van der Waals surface area contributed by atoms with E-state index in [-0.39, 0.29) is 13.0 Å². The van der Waals surface area contributed by atoms with Crippen LogP contribution in [0, 0.1) is 0 Å². The van der Waals surface area contributed by atoms with Crippen LogP contribution in [0.2, 0.25) is 0 Å². The van der Waals surface area contributed by atoms with E-state index in [1.54, 1.807) is 0 Å². The molecule has 104 valence electrons. The van der Waals surface area contributed by atoms with Crippen molar-refractivity contribution in [3.8, 4) is 0 Å². The molecule has 6 atom stereocenters. The first-order valence-corrected chi connectivity index (χ1v) is 5.64. The minimum Gasteiger partial charge on any atom is -0.463 e. The molecule has 0 aromatic carbocycles. The van der Waals surface area contributed by atoms with E-state index in [0.29, 0.717) is 0 Å². The van der Waals surface area contributed by atoms with Gasteiger partial charge in [-0.3, -0.25) is 4.79 Å². The second kappa shape index (κ2) is 5.47. The SMILES string of the molecule is O=C1C[C@H](O[C@H]2O[C@@H](CO)[C@H](O)[C@@H](O)[C@@H]2O)CO1. The van der Waals surface area contributed by atoms with Crippen molar-refractivity contribution in [3.05, 3.63) is 0 Å². The minimum absolute atomic E-state index is 0.0367. The summed E-state index contributed by atoms with van der Waals surface area (Å²) in [7, 11) is 0. The fourth-order valence-electron chi connectivity index (χ4n) is 1.95. The maximum Gasteiger partial charge on any atom is 0.308 e. The molecule has 0 aromatic rings. The number of rotatable bonds is 3. The lowest BCUT2D eigenvalue weighted by molar-refractivity contribution is -0.310. The molecule has 4 N–H and O–H groups in total. The number of esters is 1. The molecule has 0 bridgehead atoms. The van der Waals surface area contributed by atoms with Crippen LogP contribution in [0.1, 0.15) is 6.42 Å². The summed E-state index contributed by atoms with van der Waals surface area (Å²) >= 11 is 0. The predicted molar refractivity (Wildman–Crippen MR) is 54.2 cm³/mol. The molecule has 0 saturated carbocycles. The smallest absolute Gasteiger partial charge is 0.308 e.